The summed E-state index contributed by atoms with van der Waals surface area (Å²) in [5, 5.41) is 3.87. The van der Waals surface area contributed by atoms with Crippen LogP contribution in [0.4, 0.5) is 0 Å². The minimum absolute atomic E-state index is 0.258. The molecule has 128 valence electrons. The summed E-state index contributed by atoms with van der Waals surface area (Å²) in [6, 6.07) is 5.15. The summed E-state index contributed by atoms with van der Waals surface area (Å²) < 4.78 is 11.6. The van der Waals surface area contributed by atoms with E-state index < -0.39 is 0 Å². The van der Waals surface area contributed by atoms with Gasteiger partial charge in [-0.3, -0.25) is 4.98 Å². The van der Waals surface area contributed by atoms with Gasteiger partial charge in [0.05, 0.1) is 6.10 Å². The highest BCUT2D eigenvalue weighted by Crippen LogP contribution is 2.51. The van der Waals surface area contributed by atoms with Crippen molar-refractivity contribution < 1.29 is 9.47 Å². The molecular formula is C19H30N2O2. The average Bonchev–Trinajstić information content (AvgIpc) is 2.54. The van der Waals surface area contributed by atoms with Crippen molar-refractivity contribution in [3.05, 3.63) is 29.1 Å². The lowest BCUT2D eigenvalue weighted by Crippen LogP contribution is -2.65. The van der Waals surface area contributed by atoms with Crippen LogP contribution in [-0.4, -0.2) is 37.0 Å². The zero-order chi connectivity index (χ0) is 16.4. The maximum absolute atomic E-state index is 6.02. The maximum atomic E-state index is 6.02. The predicted molar refractivity (Wildman–Crippen MR) is 91.6 cm³/mol. The van der Waals surface area contributed by atoms with Crippen LogP contribution in [-0.2, 0) is 9.47 Å². The van der Waals surface area contributed by atoms with E-state index >= 15 is 0 Å². The van der Waals surface area contributed by atoms with E-state index in [1.165, 1.54) is 5.56 Å². The SMILES string of the molecule is CCOC1CC(NC(C)c2ccc(C)nc2C)C12CCOCC2. The molecular weight excluding hydrogens is 288 g/mol. The van der Waals surface area contributed by atoms with Crippen LogP contribution in [0.5, 0.6) is 0 Å². The molecule has 0 amide bonds. The number of aryl methyl sites for hydroxylation is 2. The van der Waals surface area contributed by atoms with Gasteiger partial charge in [0.1, 0.15) is 0 Å². The van der Waals surface area contributed by atoms with E-state index in [0.29, 0.717) is 18.2 Å². The molecule has 0 bridgehead atoms. The zero-order valence-corrected chi connectivity index (χ0v) is 14.9. The van der Waals surface area contributed by atoms with Crippen molar-refractivity contribution >= 4 is 0 Å². The van der Waals surface area contributed by atoms with E-state index in [1.807, 2.05) is 6.92 Å². The van der Waals surface area contributed by atoms with Gasteiger partial charge in [-0.2, -0.15) is 0 Å². The molecule has 2 heterocycles. The van der Waals surface area contributed by atoms with Gasteiger partial charge < -0.3 is 14.8 Å². The highest BCUT2D eigenvalue weighted by atomic mass is 16.5. The summed E-state index contributed by atoms with van der Waals surface area (Å²) >= 11 is 0. The first-order chi connectivity index (χ1) is 11.1. The van der Waals surface area contributed by atoms with E-state index in [9.17, 15) is 0 Å². The normalized spacial score (nSPS) is 27.7. The first kappa shape index (κ1) is 16.9. The second kappa shape index (κ2) is 6.88. The molecule has 4 nitrogen and oxygen atoms in total. The summed E-state index contributed by atoms with van der Waals surface area (Å²) in [7, 11) is 0. The number of ether oxygens (including phenoxy) is 2. The summed E-state index contributed by atoms with van der Waals surface area (Å²) in [4.78, 5) is 4.61. The maximum Gasteiger partial charge on any atom is 0.0662 e. The van der Waals surface area contributed by atoms with Gasteiger partial charge in [-0.05, 0) is 58.6 Å². The van der Waals surface area contributed by atoms with Crippen LogP contribution >= 0.6 is 0 Å². The first-order valence-electron chi connectivity index (χ1n) is 8.96. The van der Waals surface area contributed by atoms with Crippen LogP contribution in [0, 0.1) is 19.3 Å². The molecule has 1 saturated heterocycles. The minimum Gasteiger partial charge on any atom is -0.381 e. The van der Waals surface area contributed by atoms with Crippen LogP contribution < -0.4 is 5.32 Å². The van der Waals surface area contributed by atoms with Crippen molar-refractivity contribution in [1.82, 2.24) is 10.3 Å². The average molecular weight is 318 g/mol. The number of aromatic nitrogens is 1. The van der Waals surface area contributed by atoms with Crippen molar-refractivity contribution in [2.75, 3.05) is 19.8 Å². The molecule has 1 spiro atoms. The van der Waals surface area contributed by atoms with Gasteiger partial charge in [-0.15, -0.1) is 0 Å². The van der Waals surface area contributed by atoms with Gasteiger partial charge in [0.15, 0.2) is 0 Å². The summed E-state index contributed by atoms with van der Waals surface area (Å²) in [5.74, 6) is 0. The Morgan fingerprint density at radius 1 is 1.35 bits per heavy atom. The minimum atomic E-state index is 0.258. The van der Waals surface area contributed by atoms with Crippen molar-refractivity contribution in [1.29, 1.82) is 0 Å². The number of nitrogens with one attached hydrogen (secondary N) is 1. The number of nitrogens with zero attached hydrogens (tertiary/aromatic N) is 1. The Balaban J connectivity index is 1.71. The quantitative estimate of drug-likeness (QED) is 0.904. The lowest BCUT2D eigenvalue weighted by atomic mass is 9.57. The lowest BCUT2D eigenvalue weighted by Gasteiger charge is -2.58. The Morgan fingerprint density at radius 2 is 2.09 bits per heavy atom. The molecule has 3 atom stereocenters. The largest absolute Gasteiger partial charge is 0.381 e. The first-order valence-corrected chi connectivity index (χ1v) is 8.96. The molecule has 1 aliphatic heterocycles. The molecule has 2 aliphatic rings. The van der Waals surface area contributed by atoms with E-state index in [4.69, 9.17) is 9.47 Å². The molecule has 1 aromatic rings. The molecule has 1 N–H and O–H groups in total. The van der Waals surface area contributed by atoms with Crippen molar-refractivity contribution in [3.63, 3.8) is 0 Å². The fraction of sp³-hybridized carbons (Fsp3) is 0.737. The highest BCUT2D eigenvalue weighted by molar-refractivity contribution is 5.25. The van der Waals surface area contributed by atoms with Crippen molar-refractivity contribution in [3.8, 4) is 0 Å². The number of pyridine rings is 1. The van der Waals surface area contributed by atoms with E-state index in [0.717, 1.165) is 50.5 Å². The van der Waals surface area contributed by atoms with Crippen LogP contribution in [0.25, 0.3) is 0 Å². The van der Waals surface area contributed by atoms with E-state index in [2.05, 4.69) is 43.2 Å². The number of hydrogen-bond donors (Lipinski definition) is 1. The van der Waals surface area contributed by atoms with Crippen LogP contribution in [0.3, 0.4) is 0 Å². The molecule has 2 fully saturated rings. The van der Waals surface area contributed by atoms with Crippen molar-refractivity contribution in [2.24, 2.45) is 5.41 Å². The smallest absolute Gasteiger partial charge is 0.0662 e. The lowest BCUT2D eigenvalue weighted by molar-refractivity contribution is -0.174. The molecule has 3 unspecified atom stereocenters. The van der Waals surface area contributed by atoms with Gasteiger partial charge in [-0.1, -0.05) is 6.07 Å². The summed E-state index contributed by atoms with van der Waals surface area (Å²) in [6.45, 7) is 11.0. The fourth-order valence-electron chi connectivity index (χ4n) is 4.39. The number of hydrogen-bond acceptors (Lipinski definition) is 4. The number of rotatable bonds is 5. The van der Waals surface area contributed by atoms with E-state index in [-0.39, 0.29) is 5.41 Å². The second-order valence-electron chi connectivity index (χ2n) is 7.09. The molecule has 0 radical (unpaired) electrons. The molecule has 1 saturated carbocycles. The Labute approximate surface area is 140 Å². The van der Waals surface area contributed by atoms with Crippen LogP contribution in [0.1, 0.15) is 56.1 Å². The van der Waals surface area contributed by atoms with E-state index in [1.54, 1.807) is 0 Å². The Hall–Kier alpha value is -0.970. The second-order valence-corrected chi connectivity index (χ2v) is 7.09. The molecule has 1 aromatic heterocycles. The summed E-state index contributed by atoms with van der Waals surface area (Å²) in [5.41, 5.74) is 3.78. The molecule has 3 rings (SSSR count). The molecule has 4 heteroatoms. The Bertz CT molecular complexity index is 540. The van der Waals surface area contributed by atoms with Crippen molar-refractivity contribution in [2.45, 2.75) is 65.1 Å². The van der Waals surface area contributed by atoms with Gasteiger partial charge in [-0.25, -0.2) is 0 Å². The van der Waals surface area contributed by atoms with Gasteiger partial charge >= 0.3 is 0 Å². The van der Waals surface area contributed by atoms with Crippen LogP contribution in [0.15, 0.2) is 12.1 Å². The predicted octanol–water partition coefficient (Wildman–Crippen LogP) is 3.32. The van der Waals surface area contributed by atoms with Gasteiger partial charge in [0, 0.05) is 48.7 Å². The third-order valence-electron chi connectivity index (χ3n) is 5.76. The Morgan fingerprint density at radius 3 is 2.74 bits per heavy atom. The van der Waals surface area contributed by atoms with Gasteiger partial charge in [0.25, 0.3) is 0 Å². The third-order valence-corrected chi connectivity index (χ3v) is 5.76. The van der Waals surface area contributed by atoms with Gasteiger partial charge in [0.2, 0.25) is 0 Å². The molecule has 0 aromatic carbocycles. The Kier molecular flexibility index (Phi) is 5.04. The molecule has 1 aliphatic carbocycles. The monoisotopic (exact) mass is 318 g/mol. The molecule has 23 heavy (non-hydrogen) atoms. The topological polar surface area (TPSA) is 43.4 Å². The fourth-order valence-corrected chi connectivity index (χ4v) is 4.39. The zero-order valence-electron chi connectivity index (χ0n) is 14.9. The third kappa shape index (κ3) is 3.17. The summed E-state index contributed by atoms with van der Waals surface area (Å²) in [6.07, 6.45) is 3.70. The standard InChI is InChI=1S/C19H30N2O2/c1-5-23-18-12-17(19(18)8-10-22-11-9-19)21-15(4)16-7-6-13(2)20-14(16)3/h6-7,15,17-18,21H,5,8-12H2,1-4H3. The highest BCUT2D eigenvalue weighted by Gasteiger charge is 2.56. The van der Waals surface area contributed by atoms with Crippen LogP contribution in [0.2, 0.25) is 0 Å².